The lowest BCUT2D eigenvalue weighted by Gasteiger charge is -2.13. The van der Waals surface area contributed by atoms with Crippen molar-refractivity contribution in [1.82, 2.24) is 4.57 Å². The van der Waals surface area contributed by atoms with E-state index in [0.717, 1.165) is 21.7 Å². The molecular formula is C21H17N3S. The molecule has 0 saturated carbocycles. The summed E-state index contributed by atoms with van der Waals surface area (Å²) in [4.78, 5) is 0.768. The van der Waals surface area contributed by atoms with Crippen molar-refractivity contribution < 1.29 is 0 Å². The first-order valence-electron chi connectivity index (χ1n) is 8.03. The fourth-order valence-electron chi connectivity index (χ4n) is 2.99. The maximum atomic E-state index is 5.64. The van der Waals surface area contributed by atoms with Gasteiger partial charge in [0.25, 0.3) is 0 Å². The van der Waals surface area contributed by atoms with Gasteiger partial charge in [-0.3, -0.25) is 4.57 Å². The number of rotatable bonds is 3. The smallest absolute Gasteiger partial charge is 0.212 e. The molecule has 0 saturated heterocycles. The van der Waals surface area contributed by atoms with Gasteiger partial charge >= 0.3 is 0 Å². The maximum Gasteiger partial charge on any atom is 0.212 e. The third-order valence-corrected chi connectivity index (χ3v) is 4.96. The first kappa shape index (κ1) is 15.4. The van der Waals surface area contributed by atoms with E-state index in [0.29, 0.717) is 0 Å². The Kier molecular flexibility index (Phi) is 4.19. The maximum absolute atomic E-state index is 5.64. The molecule has 4 heteroatoms. The minimum atomic E-state index is 0.768. The highest BCUT2D eigenvalue weighted by atomic mass is 32.1. The van der Waals surface area contributed by atoms with Crippen molar-refractivity contribution in [2.24, 2.45) is 10.9 Å². The lowest BCUT2D eigenvalue weighted by Crippen LogP contribution is -2.16. The second-order valence-electron chi connectivity index (χ2n) is 5.62. The van der Waals surface area contributed by atoms with Crippen molar-refractivity contribution in [2.45, 2.75) is 0 Å². The highest BCUT2D eigenvalue weighted by Crippen LogP contribution is 2.33. The normalized spacial score (nSPS) is 11.6. The van der Waals surface area contributed by atoms with Gasteiger partial charge in [-0.2, -0.15) is 5.10 Å². The number of nitrogens with two attached hydrogens (primary N) is 1. The molecule has 3 nitrogen and oxygen atoms in total. The summed E-state index contributed by atoms with van der Waals surface area (Å²) in [5.74, 6) is 5.64. The standard InChI is InChI=1S/C21H17N3S/c22-23-21-24(17-11-5-2-6-12-17)20(15-25-21)19-14-8-7-13-18(19)16-9-3-1-4-10-16/h1-15H,22H2. The van der Waals surface area contributed by atoms with Crippen molar-refractivity contribution in [3.05, 3.63) is 95.1 Å². The van der Waals surface area contributed by atoms with Gasteiger partial charge in [0.05, 0.1) is 5.69 Å². The molecule has 3 aromatic carbocycles. The zero-order chi connectivity index (χ0) is 17.1. The Morgan fingerprint density at radius 3 is 2.00 bits per heavy atom. The SMILES string of the molecule is NN=c1scc(-c2ccccc2-c2ccccc2)n1-c1ccccc1. The average molecular weight is 343 g/mol. The molecule has 0 unspecified atom stereocenters. The first-order valence-corrected chi connectivity index (χ1v) is 8.91. The number of aromatic nitrogens is 1. The lowest BCUT2D eigenvalue weighted by atomic mass is 9.98. The molecule has 0 spiro atoms. The van der Waals surface area contributed by atoms with Crippen LogP contribution < -0.4 is 10.6 Å². The Balaban J connectivity index is 1.98. The number of para-hydroxylation sites is 1. The van der Waals surface area contributed by atoms with Gasteiger partial charge in [0.2, 0.25) is 4.80 Å². The average Bonchev–Trinajstić information content (AvgIpc) is 3.13. The van der Waals surface area contributed by atoms with Gasteiger partial charge in [-0.25, -0.2) is 0 Å². The van der Waals surface area contributed by atoms with Crippen LogP contribution in [0.25, 0.3) is 28.1 Å². The van der Waals surface area contributed by atoms with Crippen molar-refractivity contribution in [3.8, 4) is 28.1 Å². The Morgan fingerprint density at radius 2 is 1.32 bits per heavy atom. The van der Waals surface area contributed by atoms with Gasteiger partial charge < -0.3 is 5.84 Å². The second kappa shape index (κ2) is 6.79. The van der Waals surface area contributed by atoms with Crippen molar-refractivity contribution >= 4 is 11.3 Å². The van der Waals surface area contributed by atoms with Crippen molar-refractivity contribution in [2.75, 3.05) is 0 Å². The van der Waals surface area contributed by atoms with E-state index in [-0.39, 0.29) is 0 Å². The first-order chi connectivity index (χ1) is 12.4. The molecule has 122 valence electrons. The van der Waals surface area contributed by atoms with Crippen molar-refractivity contribution in [1.29, 1.82) is 0 Å². The molecular weight excluding hydrogens is 326 g/mol. The number of benzene rings is 3. The third kappa shape index (κ3) is 2.88. The van der Waals surface area contributed by atoms with Crippen molar-refractivity contribution in [3.63, 3.8) is 0 Å². The summed E-state index contributed by atoms with van der Waals surface area (Å²) >= 11 is 1.54. The van der Waals surface area contributed by atoms with Crippen LogP contribution in [-0.4, -0.2) is 4.57 Å². The summed E-state index contributed by atoms with van der Waals surface area (Å²) in [7, 11) is 0. The summed E-state index contributed by atoms with van der Waals surface area (Å²) in [5.41, 5.74) is 5.67. The molecule has 0 amide bonds. The zero-order valence-electron chi connectivity index (χ0n) is 13.5. The Morgan fingerprint density at radius 1 is 0.720 bits per heavy atom. The Labute approximate surface area is 150 Å². The van der Waals surface area contributed by atoms with E-state index in [1.165, 1.54) is 11.1 Å². The fraction of sp³-hybridized carbons (Fsp3) is 0. The van der Waals surface area contributed by atoms with Crippen LogP contribution in [0.5, 0.6) is 0 Å². The molecule has 0 aliphatic carbocycles. The molecule has 1 aromatic heterocycles. The predicted molar refractivity (Wildman–Crippen MR) is 104 cm³/mol. The largest absolute Gasteiger partial charge is 0.320 e. The molecule has 2 N–H and O–H groups in total. The topological polar surface area (TPSA) is 43.3 Å². The summed E-state index contributed by atoms with van der Waals surface area (Å²) in [5, 5.41) is 6.09. The molecule has 1 heterocycles. The van der Waals surface area contributed by atoms with Crippen LogP contribution in [-0.2, 0) is 0 Å². The van der Waals surface area contributed by atoms with Crippen LogP contribution in [0.4, 0.5) is 0 Å². The highest BCUT2D eigenvalue weighted by molar-refractivity contribution is 7.07. The van der Waals surface area contributed by atoms with Crippen LogP contribution in [0.1, 0.15) is 0 Å². The monoisotopic (exact) mass is 343 g/mol. The molecule has 4 rings (SSSR count). The van der Waals surface area contributed by atoms with Crippen LogP contribution in [0.3, 0.4) is 0 Å². The van der Waals surface area contributed by atoms with Gasteiger partial charge in [0, 0.05) is 16.6 Å². The summed E-state index contributed by atoms with van der Waals surface area (Å²) in [6.45, 7) is 0. The molecule has 0 atom stereocenters. The molecule has 25 heavy (non-hydrogen) atoms. The molecule has 0 radical (unpaired) electrons. The van der Waals surface area contributed by atoms with E-state index in [1.54, 1.807) is 11.3 Å². The van der Waals surface area contributed by atoms with Gasteiger partial charge in [-0.05, 0) is 23.3 Å². The van der Waals surface area contributed by atoms with Gasteiger partial charge in [-0.15, -0.1) is 11.3 Å². The number of hydrogen-bond donors (Lipinski definition) is 1. The number of nitrogens with zero attached hydrogens (tertiary/aromatic N) is 2. The Hall–Kier alpha value is -3.11. The van der Waals surface area contributed by atoms with Crippen LogP contribution in [0.15, 0.2) is 95.4 Å². The van der Waals surface area contributed by atoms with E-state index in [1.807, 2.05) is 24.3 Å². The summed E-state index contributed by atoms with van der Waals surface area (Å²) < 4.78 is 2.10. The molecule has 0 aliphatic heterocycles. The van der Waals surface area contributed by atoms with Gasteiger partial charge in [0.15, 0.2) is 0 Å². The third-order valence-electron chi connectivity index (χ3n) is 4.12. The fourth-order valence-corrected chi connectivity index (χ4v) is 3.81. The van der Waals surface area contributed by atoms with E-state index >= 15 is 0 Å². The van der Waals surface area contributed by atoms with E-state index < -0.39 is 0 Å². The summed E-state index contributed by atoms with van der Waals surface area (Å²) in [6.07, 6.45) is 0. The van der Waals surface area contributed by atoms with E-state index in [9.17, 15) is 0 Å². The van der Waals surface area contributed by atoms with Gasteiger partial charge in [-0.1, -0.05) is 72.8 Å². The molecule has 0 bridgehead atoms. The zero-order valence-corrected chi connectivity index (χ0v) is 14.4. The van der Waals surface area contributed by atoms with Crippen LogP contribution in [0.2, 0.25) is 0 Å². The lowest BCUT2D eigenvalue weighted by molar-refractivity contribution is 0.971. The van der Waals surface area contributed by atoms with Crippen LogP contribution >= 0.6 is 11.3 Å². The number of thiazole rings is 1. The minimum absolute atomic E-state index is 0.768. The van der Waals surface area contributed by atoms with Gasteiger partial charge in [0.1, 0.15) is 0 Å². The quantitative estimate of drug-likeness (QED) is 0.427. The second-order valence-corrected chi connectivity index (χ2v) is 6.45. The molecule has 4 aromatic rings. The highest BCUT2D eigenvalue weighted by Gasteiger charge is 2.13. The Bertz CT molecular complexity index is 1050. The van der Waals surface area contributed by atoms with E-state index in [4.69, 9.17) is 5.84 Å². The molecule has 0 fully saturated rings. The minimum Gasteiger partial charge on any atom is -0.320 e. The van der Waals surface area contributed by atoms with E-state index in [2.05, 4.69) is 75.7 Å². The van der Waals surface area contributed by atoms with Crippen LogP contribution in [0, 0.1) is 0 Å². The summed E-state index contributed by atoms with van der Waals surface area (Å²) in [6, 6.07) is 29.0. The predicted octanol–water partition coefficient (Wildman–Crippen LogP) is 4.65. The number of hydrogen-bond acceptors (Lipinski definition) is 3. The molecule has 0 aliphatic rings.